The fraction of sp³-hybridized carbons (Fsp3) is 0.308. The van der Waals surface area contributed by atoms with Crippen LogP contribution >= 0.6 is 0 Å². The van der Waals surface area contributed by atoms with Crippen molar-refractivity contribution in [1.82, 2.24) is 14.9 Å². The van der Waals surface area contributed by atoms with Gasteiger partial charge in [0.1, 0.15) is 5.76 Å². The van der Waals surface area contributed by atoms with E-state index in [4.69, 9.17) is 10.2 Å². The Balaban J connectivity index is 1.69. The third kappa shape index (κ3) is 2.42. The second-order valence-corrected chi connectivity index (χ2v) is 4.49. The zero-order chi connectivity index (χ0) is 13.2. The molecule has 0 radical (unpaired) electrons. The first-order chi connectivity index (χ1) is 9.22. The molecule has 0 aromatic carbocycles. The van der Waals surface area contributed by atoms with E-state index in [-0.39, 0.29) is 11.9 Å². The van der Waals surface area contributed by atoms with E-state index in [0.717, 1.165) is 11.4 Å². The minimum atomic E-state index is 0.0410. The Bertz CT molecular complexity index is 594. The predicted octanol–water partition coefficient (Wildman–Crippen LogP) is 0.779. The van der Waals surface area contributed by atoms with Gasteiger partial charge in [-0.05, 0) is 12.1 Å². The quantitative estimate of drug-likeness (QED) is 0.860. The maximum atomic E-state index is 12.2. The van der Waals surface area contributed by atoms with Gasteiger partial charge in [0.25, 0.3) is 6.01 Å². The van der Waals surface area contributed by atoms with Gasteiger partial charge in [0, 0.05) is 24.9 Å². The maximum Gasteiger partial charge on any atom is 0.292 e. The number of fused-ring (bicyclic) bond motifs is 1. The Kier molecular flexibility index (Phi) is 2.91. The van der Waals surface area contributed by atoms with Gasteiger partial charge in [-0.3, -0.25) is 9.78 Å². The summed E-state index contributed by atoms with van der Waals surface area (Å²) in [4.78, 5) is 22.2. The molecule has 2 N–H and O–H groups in total. The number of rotatable bonds is 2. The number of nitrogen functional groups attached to an aromatic ring is 1. The third-order valence-electron chi connectivity index (χ3n) is 3.16. The highest BCUT2D eigenvalue weighted by Crippen LogP contribution is 2.21. The summed E-state index contributed by atoms with van der Waals surface area (Å²) in [7, 11) is 0. The highest BCUT2D eigenvalue weighted by molar-refractivity contribution is 5.78. The van der Waals surface area contributed by atoms with Crippen LogP contribution in [0.5, 0.6) is 0 Å². The van der Waals surface area contributed by atoms with E-state index in [1.165, 1.54) is 0 Å². The Hall–Kier alpha value is -2.37. The van der Waals surface area contributed by atoms with E-state index in [1.807, 2.05) is 18.2 Å². The van der Waals surface area contributed by atoms with E-state index in [9.17, 15) is 4.79 Å². The number of aromatic nitrogens is 2. The van der Waals surface area contributed by atoms with Crippen LogP contribution in [0.1, 0.15) is 17.1 Å². The highest BCUT2D eigenvalue weighted by Gasteiger charge is 2.25. The van der Waals surface area contributed by atoms with Crippen LogP contribution in [-0.2, 0) is 24.2 Å². The second kappa shape index (κ2) is 4.72. The molecule has 2 aromatic rings. The summed E-state index contributed by atoms with van der Waals surface area (Å²) in [6.07, 6.45) is 2.68. The fourth-order valence-electron chi connectivity index (χ4n) is 2.20. The van der Waals surface area contributed by atoms with Crippen molar-refractivity contribution >= 4 is 11.9 Å². The van der Waals surface area contributed by atoms with Crippen molar-refractivity contribution < 1.29 is 9.21 Å². The lowest BCUT2D eigenvalue weighted by Gasteiger charge is -2.25. The lowest BCUT2D eigenvalue weighted by molar-refractivity contribution is -0.131. The molecule has 19 heavy (non-hydrogen) atoms. The monoisotopic (exact) mass is 258 g/mol. The van der Waals surface area contributed by atoms with Gasteiger partial charge >= 0.3 is 0 Å². The van der Waals surface area contributed by atoms with Crippen LogP contribution in [-0.4, -0.2) is 27.3 Å². The largest absolute Gasteiger partial charge is 0.427 e. The SMILES string of the molecule is Nc1nc2c(o1)CN(C(=O)Cc1ccccn1)CC2. The molecule has 0 atom stereocenters. The molecular formula is C13H14N4O2. The number of hydrogen-bond acceptors (Lipinski definition) is 5. The maximum absolute atomic E-state index is 12.2. The molecule has 3 rings (SSSR count). The van der Waals surface area contributed by atoms with Crippen LogP contribution in [0.25, 0.3) is 0 Å². The van der Waals surface area contributed by atoms with Crippen molar-refractivity contribution in [3.8, 4) is 0 Å². The number of oxazole rings is 1. The Morgan fingerprint density at radius 3 is 3.16 bits per heavy atom. The van der Waals surface area contributed by atoms with Gasteiger partial charge in [-0.15, -0.1) is 0 Å². The Labute approximate surface area is 110 Å². The third-order valence-corrected chi connectivity index (χ3v) is 3.16. The lowest BCUT2D eigenvalue weighted by Crippen LogP contribution is -2.36. The number of nitrogens with two attached hydrogens (primary N) is 1. The van der Waals surface area contributed by atoms with Gasteiger partial charge in [0.2, 0.25) is 5.91 Å². The molecule has 0 saturated heterocycles. The van der Waals surface area contributed by atoms with Crippen molar-refractivity contribution in [3.05, 3.63) is 41.5 Å². The minimum absolute atomic E-state index is 0.0410. The molecule has 1 amide bonds. The smallest absolute Gasteiger partial charge is 0.292 e. The first-order valence-corrected chi connectivity index (χ1v) is 6.14. The number of hydrogen-bond donors (Lipinski definition) is 1. The molecule has 6 nitrogen and oxygen atoms in total. The summed E-state index contributed by atoms with van der Waals surface area (Å²) in [5, 5.41) is 0. The topological polar surface area (TPSA) is 85.2 Å². The van der Waals surface area contributed by atoms with E-state index < -0.39 is 0 Å². The van der Waals surface area contributed by atoms with Crippen molar-refractivity contribution in [2.24, 2.45) is 0 Å². The number of carbonyl (C=O) groups is 1. The number of nitrogens with zero attached hydrogens (tertiary/aromatic N) is 3. The average Bonchev–Trinajstić information content (AvgIpc) is 2.78. The van der Waals surface area contributed by atoms with Crippen molar-refractivity contribution in [1.29, 1.82) is 0 Å². The molecule has 0 aliphatic carbocycles. The number of carbonyl (C=O) groups excluding carboxylic acids is 1. The number of anilines is 1. The first-order valence-electron chi connectivity index (χ1n) is 6.14. The zero-order valence-electron chi connectivity index (χ0n) is 10.4. The molecular weight excluding hydrogens is 244 g/mol. The van der Waals surface area contributed by atoms with Crippen LogP contribution in [0.2, 0.25) is 0 Å². The highest BCUT2D eigenvalue weighted by atomic mass is 16.4. The van der Waals surface area contributed by atoms with E-state index >= 15 is 0 Å². The van der Waals surface area contributed by atoms with Crippen LogP contribution < -0.4 is 5.73 Å². The van der Waals surface area contributed by atoms with Gasteiger partial charge in [-0.1, -0.05) is 6.07 Å². The molecule has 0 spiro atoms. The van der Waals surface area contributed by atoms with Gasteiger partial charge in [-0.2, -0.15) is 4.98 Å². The summed E-state index contributed by atoms with van der Waals surface area (Å²) in [6.45, 7) is 1.08. The molecule has 2 aromatic heterocycles. The molecule has 1 aliphatic rings. The molecule has 0 unspecified atom stereocenters. The Morgan fingerprint density at radius 1 is 1.47 bits per heavy atom. The van der Waals surface area contributed by atoms with Crippen molar-refractivity contribution in [3.63, 3.8) is 0 Å². The van der Waals surface area contributed by atoms with E-state index in [1.54, 1.807) is 11.1 Å². The molecule has 6 heteroatoms. The zero-order valence-corrected chi connectivity index (χ0v) is 10.4. The normalized spacial score (nSPS) is 14.2. The molecule has 0 fully saturated rings. The molecule has 98 valence electrons. The molecule has 0 saturated carbocycles. The standard InChI is InChI=1S/C13H14N4O2/c14-13-16-10-4-6-17(8-11(10)19-13)12(18)7-9-3-1-2-5-15-9/h1-3,5H,4,6-8H2,(H2,14,16). The molecule has 1 aliphatic heterocycles. The van der Waals surface area contributed by atoms with Gasteiger partial charge in [-0.25, -0.2) is 0 Å². The summed E-state index contributed by atoms with van der Waals surface area (Å²) in [5.74, 6) is 0.734. The second-order valence-electron chi connectivity index (χ2n) is 4.49. The number of pyridine rings is 1. The fourth-order valence-corrected chi connectivity index (χ4v) is 2.20. The van der Waals surface area contributed by atoms with Crippen LogP contribution in [0, 0.1) is 0 Å². The lowest BCUT2D eigenvalue weighted by atomic mass is 10.1. The number of amides is 1. The van der Waals surface area contributed by atoms with Crippen molar-refractivity contribution in [2.45, 2.75) is 19.4 Å². The van der Waals surface area contributed by atoms with Gasteiger partial charge in [0.15, 0.2) is 0 Å². The average molecular weight is 258 g/mol. The van der Waals surface area contributed by atoms with Gasteiger partial charge in [0.05, 0.1) is 18.7 Å². The van der Waals surface area contributed by atoms with Crippen LogP contribution in [0.4, 0.5) is 6.01 Å². The Morgan fingerprint density at radius 2 is 2.37 bits per heavy atom. The summed E-state index contributed by atoms with van der Waals surface area (Å²) >= 11 is 0. The molecule has 0 bridgehead atoms. The minimum Gasteiger partial charge on any atom is -0.427 e. The molecule has 3 heterocycles. The first kappa shape index (κ1) is 11.7. The summed E-state index contributed by atoms with van der Waals surface area (Å²) in [6, 6.07) is 5.73. The van der Waals surface area contributed by atoms with Crippen LogP contribution in [0.15, 0.2) is 28.8 Å². The summed E-state index contributed by atoms with van der Waals surface area (Å²) in [5.41, 5.74) is 7.15. The van der Waals surface area contributed by atoms with Crippen LogP contribution in [0.3, 0.4) is 0 Å². The van der Waals surface area contributed by atoms with Crippen molar-refractivity contribution in [2.75, 3.05) is 12.3 Å². The predicted molar refractivity (Wildman–Crippen MR) is 68.0 cm³/mol. The van der Waals surface area contributed by atoms with Gasteiger partial charge < -0.3 is 15.1 Å². The summed E-state index contributed by atoms with van der Waals surface area (Å²) < 4.78 is 5.29. The van der Waals surface area contributed by atoms with E-state index in [2.05, 4.69) is 9.97 Å². The van der Waals surface area contributed by atoms with E-state index in [0.29, 0.717) is 31.7 Å².